The third-order valence-electron chi connectivity index (χ3n) is 5.04. The van der Waals surface area contributed by atoms with E-state index in [0.717, 1.165) is 11.1 Å². The molecule has 0 aromatic heterocycles. The van der Waals surface area contributed by atoms with Crippen molar-refractivity contribution in [2.75, 3.05) is 20.8 Å². The predicted octanol–water partition coefficient (Wildman–Crippen LogP) is 3.60. The lowest BCUT2D eigenvalue weighted by Crippen LogP contribution is -2.44. The van der Waals surface area contributed by atoms with Gasteiger partial charge < -0.3 is 10.1 Å². The van der Waals surface area contributed by atoms with Gasteiger partial charge in [-0.1, -0.05) is 48.9 Å². The Balaban J connectivity index is 1.78. The zero-order chi connectivity index (χ0) is 20.3. The molecule has 6 nitrogen and oxygen atoms in total. The number of ether oxygens (including phenoxy) is 1. The van der Waals surface area contributed by atoms with E-state index >= 15 is 0 Å². The Labute approximate surface area is 170 Å². The van der Waals surface area contributed by atoms with E-state index in [4.69, 9.17) is 16.3 Å². The molecule has 148 valence electrons. The molecule has 3 rings (SSSR count). The van der Waals surface area contributed by atoms with Crippen LogP contribution in [-0.4, -0.2) is 42.6 Å². The molecule has 1 atom stereocenters. The number of urea groups is 1. The maximum atomic E-state index is 13.2. The molecule has 7 heteroatoms. The molecule has 0 unspecified atom stereocenters. The summed E-state index contributed by atoms with van der Waals surface area (Å²) in [5, 5.41) is 3.50. The van der Waals surface area contributed by atoms with Crippen LogP contribution in [0.4, 0.5) is 4.79 Å². The number of methoxy groups -OCH3 is 1. The number of hydrogen-bond acceptors (Lipinski definition) is 4. The van der Waals surface area contributed by atoms with Crippen LogP contribution >= 0.6 is 11.6 Å². The molecule has 3 amide bonds. The maximum Gasteiger partial charge on any atom is 0.326 e. The number of imide groups is 1. The second kappa shape index (κ2) is 8.20. The zero-order valence-corrected chi connectivity index (χ0v) is 17.0. The van der Waals surface area contributed by atoms with Crippen LogP contribution in [0.25, 0.3) is 0 Å². The summed E-state index contributed by atoms with van der Waals surface area (Å²) in [4.78, 5) is 29.0. The smallest absolute Gasteiger partial charge is 0.326 e. The van der Waals surface area contributed by atoms with Gasteiger partial charge in [0.15, 0.2) is 0 Å². The topological polar surface area (TPSA) is 61.9 Å². The van der Waals surface area contributed by atoms with Gasteiger partial charge in [-0.15, -0.1) is 0 Å². The van der Waals surface area contributed by atoms with E-state index in [1.54, 1.807) is 19.2 Å². The number of halogens is 1. The van der Waals surface area contributed by atoms with Gasteiger partial charge in [-0.2, -0.15) is 0 Å². The highest BCUT2D eigenvalue weighted by atomic mass is 35.5. The Hall–Kier alpha value is -2.57. The number of hydrogen-bond donors (Lipinski definition) is 1. The minimum absolute atomic E-state index is 0.162. The fraction of sp³-hybridized carbons (Fsp3) is 0.333. The third kappa shape index (κ3) is 3.70. The summed E-state index contributed by atoms with van der Waals surface area (Å²) in [5.41, 5.74) is 0.652. The Morgan fingerprint density at radius 1 is 1.18 bits per heavy atom. The monoisotopic (exact) mass is 401 g/mol. The van der Waals surface area contributed by atoms with Crippen LogP contribution in [0.15, 0.2) is 48.5 Å². The quantitative estimate of drug-likeness (QED) is 0.720. The summed E-state index contributed by atoms with van der Waals surface area (Å²) in [6, 6.07) is 14.4. The number of nitrogens with one attached hydrogen (secondary N) is 1. The molecule has 0 bridgehead atoms. The summed E-state index contributed by atoms with van der Waals surface area (Å²) >= 11 is 6.10. The van der Waals surface area contributed by atoms with Crippen molar-refractivity contribution in [3.05, 3.63) is 64.7 Å². The fourth-order valence-electron chi connectivity index (χ4n) is 3.57. The van der Waals surface area contributed by atoms with Crippen LogP contribution < -0.4 is 10.1 Å². The van der Waals surface area contributed by atoms with Crippen LogP contribution in [-0.2, 0) is 16.9 Å². The molecule has 2 aromatic rings. The first kappa shape index (κ1) is 20.2. The van der Waals surface area contributed by atoms with Crippen molar-refractivity contribution in [1.82, 2.24) is 15.1 Å². The molecule has 0 aliphatic carbocycles. The molecule has 1 saturated heterocycles. The van der Waals surface area contributed by atoms with Crippen LogP contribution in [0.5, 0.6) is 5.75 Å². The highest BCUT2D eigenvalue weighted by Gasteiger charge is 2.51. The van der Waals surface area contributed by atoms with E-state index in [2.05, 4.69) is 5.32 Å². The molecular weight excluding hydrogens is 378 g/mol. The van der Waals surface area contributed by atoms with Crippen molar-refractivity contribution in [3.63, 3.8) is 0 Å². The van der Waals surface area contributed by atoms with Gasteiger partial charge in [0.1, 0.15) is 11.3 Å². The minimum atomic E-state index is -1.02. The SMILES string of the molecule is CC[C@]1(c2ccccc2)NC(=O)N(CN(C)Cc2cc(Cl)ccc2OC)C1=O. The highest BCUT2D eigenvalue weighted by molar-refractivity contribution is 6.30. The average Bonchev–Trinajstić information content (AvgIpc) is 2.94. The van der Waals surface area contributed by atoms with Gasteiger partial charge in [-0.3, -0.25) is 9.69 Å². The lowest BCUT2D eigenvalue weighted by Gasteiger charge is -2.27. The van der Waals surface area contributed by atoms with Gasteiger partial charge in [-0.05, 0) is 37.2 Å². The molecule has 28 heavy (non-hydrogen) atoms. The Bertz CT molecular complexity index is 874. The fourth-order valence-corrected chi connectivity index (χ4v) is 3.76. The molecule has 1 aliphatic heterocycles. The third-order valence-corrected chi connectivity index (χ3v) is 5.27. The number of rotatable bonds is 7. The van der Waals surface area contributed by atoms with Crippen molar-refractivity contribution in [3.8, 4) is 5.75 Å². The van der Waals surface area contributed by atoms with Crippen molar-refractivity contribution in [1.29, 1.82) is 0 Å². The average molecular weight is 402 g/mol. The van der Waals surface area contributed by atoms with E-state index in [1.807, 2.05) is 55.3 Å². The van der Waals surface area contributed by atoms with Crippen molar-refractivity contribution in [2.45, 2.75) is 25.4 Å². The summed E-state index contributed by atoms with van der Waals surface area (Å²) in [7, 11) is 3.44. The van der Waals surface area contributed by atoms with Gasteiger partial charge in [0.25, 0.3) is 5.91 Å². The van der Waals surface area contributed by atoms with E-state index in [1.165, 1.54) is 4.90 Å². The van der Waals surface area contributed by atoms with E-state index < -0.39 is 5.54 Å². The van der Waals surface area contributed by atoms with Gasteiger partial charge in [0.05, 0.1) is 13.8 Å². The van der Waals surface area contributed by atoms with Crippen LogP contribution in [0, 0.1) is 0 Å². The van der Waals surface area contributed by atoms with Gasteiger partial charge in [0, 0.05) is 17.1 Å². The standard InChI is InChI=1S/C21H24ClN3O3/c1-4-21(16-8-6-5-7-9-16)19(26)25(20(27)23-21)14-24(2)13-15-12-17(22)10-11-18(15)28-3/h5-12H,4,13-14H2,1-3H3,(H,23,27)/t21-/m1/s1. The molecular formula is C21H24ClN3O3. The number of benzene rings is 2. The summed E-state index contributed by atoms with van der Waals surface area (Å²) in [6.45, 7) is 2.54. The first-order valence-electron chi connectivity index (χ1n) is 9.12. The Morgan fingerprint density at radius 3 is 2.54 bits per heavy atom. The summed E-state index contributed by atoms with van der Waals surface area (Å²) in [5.74, 6) is 0.469. The second-order valence-electron chi connectivity index (χ2n) is 6.90. The van der Waals surface area contributed by atoms with Crippen molar-refractivity contribution >= 4 is 23.5 Å². The molecule has 2 aromatic carbocycles. The molecule has 1 N–H and O–H groups in total. The molecule has 1 heterocycles. The Kier molecular flexibility index (Phi) is 5.91. The molecule has 0 spiro atoms. The van der Waals surface area contributed by atoms with Crippen LogP contribution in [0.1, 0.15) is 24.5 Å². The first-order valence-corrected chi connectivity index (χ1v) is 9.49. The van der Waals surface area contributed by atoms with E-state index in [-0.39, 0.29) is 18.6 Å². The molecule has 0 saturated carbocycles. The number of amides is 3. The van der Waals surface area contributed by atoms with Gasteiger partial charge in [0.2, 0.25) is 0 Å². The molecule has 0 radical (unpaired) electrons. The number of carbonyl (C=O) groups is 2. The largest absolute Gasteiger partial charge is 0.496 e. The van der Waals surface area contributed by atoms with Gasteiger partial charge >= 0.3 is 6.03 Å². The summed E-state index contributed by atoms with van der Waals surface area (Å²) in [6.07, 6.45) is 0.476. The number of nitrogens with zero attached hydrogens (tertiary/aromatic N) is 2. The first-order chi connectivity index (χ1) is 13.4. The van der Waals surface area contributed by atoms with E-state index in [9.17, 15) is 9.59 Å². The normalized spacial score (nSPS) is 19.2. The number of carbonyl (C=O) groups excluding carboxylic acids is 2. The Morgan fingerprint density at radius 2 is 1.89 bits per heavy atom. The summed E-state index contributed by atoms with van der Waals surface area (Å²) < 4.78 is 5.38. The lowest BCUT2D eigenvalue weighted by atomic mass is 9.87. The minimum Gasteiger partial charge on any atom is -0.496 e. The maximum absolute atomic E-state index is 13.2. The molecule has 1 fully saturated rings. The zero-order valence-electron chi connectivity index (χ0n) is 16.2. The molecule has 1 aliphatic rings. The lowest BCUT2D eigenvalue weighted by molar-refractivity contribution is -0.133. The van der Waals surface area contributed by atoms with Crippen LogP contribution in [0.2, 0.25) is 5.02 Å². The van der Waals surface area contributed by atoms with Crippen molar-refractivity contribution in [2.24, 2.45) is 0 Å². The predicted molar refractivity (Wildman–Crippen MR) is 108 cm³/mol. The van der Waals surface area contributed by atoms with Gasteiger partial charge in [-0.25, -0.2) is 9.69 Å². The second-order valence-corrected chi connectivity index (χ2v) is 7.34. The van der Waals surface area contributed by atoms with E-state index in [0.29, 0.717) is 23.7 Å². The van der Waals surface area contributed by atoms with Crippen molar-refractivity contribution < 1.29 is 14.3 Å². The van der Waals surface area contributed by atoms with Crippen LogP contribution in [0.3, 0.4) is 0 Å². The highest BCUT2D eigenvalue weighted by Crippen LogP contribution is 2.32.